The van der Waals surface area contributed by atoms with Crippen molar-refractivity contribution in [2.75, 3.05) is 5.32 Å². The first-order chi connectivity index (χ1) is 8.08. The number of hydrogen-bond acceptors (Lipinski definition) is 2. The minimum Gasteiger partial charge on any atom is -0.319 e. The number of thiophene rings is 1. The molecule has 1 heterocycles. The molecule has 0 atom stereocenters. The van der Waals surface area contributed by atoms with Gasteiger partial charge in [0.1, 0.15) is 10.7 Å². The van der Waals surface area contributed by atoms with Crippen molar-refractivity contribution in [1.82, 2.24) is 0 Å². The van der Waals surface area contributed by atoms with Gasteiger partial charge in [0.15, 0.2) is 0 Å². The van der Waals surface area contributed by atoms with E-state index < -0.39 is 5.82 Å². The lowest BCUT2D eigenvalue weighted by molar-refractivity contribution is 0.102. The van der Waals surface area contributed by atoms with Crippen LogP contribution >= 0.6 is 38.9 Å². The minimum atomic E-state index is -0.557. The zero-order valence-corrected chi connectivity index (χ0v) is 11.5. The molecular weight excluding hydrogens is 329 g/mol. The first-order valence-electron chi connectivity index (χ1n) is 4.57. The number of amides is 1. The maximum Gasteiger partial charge on any atom is 0.266 e. The average Bonchev–Trinajstić information content (AvgIpc) is 2.68. The summed E-state index contributed by atoms with van der Waals surface area (Å²) in [6.07, 6.45) is 0. The molecule has 2 nitrogen and oxygen atoms in total. The molecule has 1 amide bonds. The number of carbonyl (C=O) groups is 1. The van der Waals surface area contributed by atoms with E-state index in [4.69, 9.17) is 11.6 Å². The van der Waals surface area contributed by atoms with Crippen LogP contribution in [0.3, 0.4) is 0 Å². The van der Waals surface area contributed by atoms with Gasteiger partial charge in [-0.05, 0) is 45.6 Å². The predicted octanol–water partition coefficient (Wildman–Crippen LogP) is 4.56. The van der Waals surface area contributed by atoms with Crippen molar-refractivity contribution >= 4 is 50.5 Å². The first kappa shape index (κ1) is 12.5. The molecule has 0 spiro atoms. The number of benzene rings is 1. The third-order valence-corrected chi connectivity index (χ3v) is 4.07. The lowest BCUT2D eigenvalue weighted by Gasteiger charge is -2.05. The van der Waals surface area contributed by atoms with E-state index in [1.807, 2.05) is 0 Å². The molecule has 2 rings (SSSR count). The van der Waals surface area contributed by atoms with E-state index >= 15 is 0 Å². The van der Waals surface area contributed by atoms with Crippen molar-refractivity contribution in [2.24, 2.45) is 0 Å². The van der Waals surface area contributed by atoms with Gasteiger partial charge in [0.05, 0.1) is 5.69 Å². The molecule has 1 N–H and O–H groups in total. The zero-order chi connectivity index (χ0) is 12.4. The largest absolute Gasteiger partial charge is 0.319 e. The number of rotatable bonds is 2. The highest BCUT2D eigenvalue weighted by Gasteiger charge is 2.13. The van der Waals surface area contributed by atoms with Crippen molar-refractivity contribution in [2.45, 2.75) is 0 Å². The lowest BCUT2D eigenvalue weighted by atomic mass is 10.3. The highest BCUT2D eigenvalue weighted by atomic mass is 79.9. The second kappa shape index (κ2) is 5.16. The molecule has 0 saturated heterocycles. The number of hydrogen-bond donors (Lipinski definition) is 1. The van der Waals surface area contributed by atoms with E-state index in [-0.39, 0.29) is 16.6 Å². The maximum atomic E-state index is 13.4. The highest BCUT2D eigenvalue weighted by Crippen LogP contribution is 2.25. The number of halogens is 3. The Kier molecular flexibility index (Phi) is 3.81. The fourth-order valence-corrected chi connectivity index (χ4v) is 2.83. The predicted molar refractivity (Wildman–Crippen MR) is 71.4 cm³/mol. The average molecular weight is 335 g/mol. The summed E-state index contributed by atoms with van der Waals surface area (Å²) in [5.41, 5.74) is 0.111. The summed E-state index contributed by atoms with van der Waals surface area (Å²) in [6, 6.07) is 5.86. The molecule has 0 aliphatic rings. The number of carbonyl (C=O) groups excluding carboxylic acids is 1. The molecule has 0 saturated carbocycles. The molecule has 1 aromatic heterocycles. The van der Waals surface area contributed by atoms with Crippen LogP contribution in [0.2, 0.25) is 5.02 Å². The van der Waals surface area contributed by atoms with Crippen LogP contribution in [-0.4, -0.2) is 5.91 Å². The van der Waals surface area contributed by atoms with Gasteiger partial charge in [-0.3, -0.25) is 4.79 Å². The van der Waals surface area contributed by atoms with E-state index in [9.17, 15) is 9.18 Å². The summed E-state index contributed by atoms with van der Waals surface area (Å²) in [5.74, 6) is -0.911. The standard InChI is InChI=1S/C11H6BrClFNOS/c12-7-3-4-17-10(7)11(16)15-9-2-1-6(13)5-8(9)14/h1-5H,(H,15,16). The van der Waals surface area contributed by atoms with Crippen LogP contribution in [0.15, 0.2) is 34.1 Å². The normalized spacial score (nSPS) is 10.3. The van der Waals surface area contributed by atoms with Gasteiger partial charge in [-0.1, -0.05) is 11.6 Å². The molecule has 0 aliphatic heterocycles. The van der Waals surface area contributed by atoms with Gasteiger partial charge >= 0.3 is 0 Å². The Bertz CT molecular complexity index is 572. The lowest BCUT2D eigenvalue weighted by Crippen LogP contribution is -2.11. The molecule has 6 heteroatoms. The molecule has 0 radical (unpaired) electrons. The maximum absolute atomic E-state index is 13.4. The Morgan fingerprint density at radius 3 is 2.76 bits per heavy atom. The van der Waals surface area contributed by atoms with Crippen LogP contribution in [0.25, 0.3) is 0 Å². The van der Waals surface area contributed by atoms with Gasteiger partial charge in [0.2, 0.25) is 0 Å². The Hall–Kier alpha value is -0.910. The molecule has 1 aromatic carbocycles. The van der Waals surface area contributed by atoms with Gasteiger partial charge in [0, 0.05) is 9.50 Å². The Labute approximate surface area is 115 Å². The Morgan fingerprint density at radius 2 is 2.18 bits per heavy atom. The van der Waals surface area contributed by atoms with Crippen LogP contribution in [-0.2, 0) is 0 Å². The van der Waals surface area contributed by atoms with Crippen LogP contribution in [0.4, 0.5) is 10.1 Å². The monoisotopic (exact) mass is 333 g/mol. The third kappa shape index (κ3) is 2.86. The molecule has 0 aliphatic carbocycles. The fraction of sp³-hybridized carbons (Fsp3) is 0. The summed E-state index contributed by atoms with van der Waals surface area (Å²) in [6.45, 7) is 0. The van der Waals surface area contributed by atoms with Crippen molar-refractivity contribution in [3.05, 3.63) is 49.8 Å². The van der Waals surface area contributed by atoms with E-state index in [2.05, 4.69) is 21.2 Å². The second-order valence-corrected chi connectivity index (χ2v) is 5.38. The smallest absolute Gasteiger partial charge is 0.266 e. The van der Waals surface area contributed by atoms with Crippen molar-refractivity contribution < 1.29 is 9.18 Å². The van der Waals surface area contributed by atoms with Crippen LogP contribution in [0.5, 0.6) is 0 Å². The fourth-order valence-electron chi connectivity index (χ4n) is 1.23. The Morgan fingerprint density at radius 1 is 1.41 bits per heavy atom. The summed E-state index contributed by atoms with van der Waals surface area (Å²) in [7, 11) is 0. The second-order valence-electron chi connectivity index (χ2n) is 3.18. The SMILES string of the molecule is O=C(Nc1ccc(Cl)cc1F)c1sccc1Br. The molecule has 0 bridgehead atoms. The van der Waals surface area contributed by atoms with Crippen molar-refractivity contribution in [3.8, 4) is 0 Å². The minimum absolute atomic E-state index is 0.111. The zero-order valence-electron chi connectivity index (χ0n) is 8.34. The van der Waals surface area contributed by atoms with Gasteiger partial charge in [-0.2, -0.15) is 0 Å². The summed E-state index contributed by atoms with van der Waals surface area (Å²) in [4.78, 5) is 12.3. The highest BCUT2D eigenvalue weighted by molar-refractivity contribution is 9.10. The van der Waals surface area contributed by atoms with Gasteiger partial charge in [0.25, 0.3) is 5.91 Å². The van der Waals surface area contributed by atoms with Crippen molar-refractivity contribution in [3.63, 3.8) is 0 Å². The topological polar surface area (TPSA) is 29.1 Å². The Balaban J connectivity index is 2.22. The summed E-state index contributed by atoms with van der Waals surface area (Å²) < 4.78 is 14.1. The van der Waals surface area contributed by atoms with E-state index in [1.54, 1.807) is 11.4 Å². The van der Waals surface area contributed by atoms with Crippen LogP contribution < -0.4 is 5.32 Å². The third-order valence-electron chi connectivity index (χ3n) is 2.00. The van der Waals surface area contributed by atoms with Crippen LogP contribution in [0.1, 0.15) is 9.67 Å². The molecule has 2 aromatic rings. The molecule has 17 heavy (non-hydrogen) atoms. The molecule has 88 valence electrons. The van der Waals surface area contributed by atoms with Crippen molar-refractivity contribution in [1.29, 1.82) is 0 Å². The number of nitrogens with one attached hydrogen (secondary N) is 1. The summed E-state index contributed by atoms with van der Waals surface area (Å²) >= 11 is 10.1. The first-order valence-corrected chi connectivity index (χ1v) is 6.62. The molecule has 0 fully saturated rings. The van der Waals surface area contributed by atoms with Gasteiger partial charge < -0.3 is 5.32 Å². The van der Waals surface area contributed by atoms with Gasteiger partial charge in [-0.15, -0.1) is 11.3 Å². The molecular formula is C11H6BrClFNOS. The van der Waals surface area contributed by atoms with E-state index in [0.29, 0.717) is 9.35 Å². The molecule has 0 unspecified atom stereocenters. The van der Waals surface area contributed by atoms with Crippen LogP contribution in [0, 0.1) is 5.82 Å². The summed E-state index contributed by atoms with van der Waals surface area (Å²) in [5, 5.41) is 4.55. The van der Waals surface area contributed by atoms with E-state index in [0.717, 1.165) is 6.07 Å². The van der Waals surface area contributed by atoms with Gasteiger partial charge in [-0.25, -0.2) is 4.39 Å². The quantitative estimate of drug-likeness (QED) is 0.857. The van der Waals surface area contributed by atoms with E-state index in [1.165, 1.54) is 23.5 Å². The number of anilines is 1.